The number of nitrogens with zero attached hydrogens (tertiary/aromatic N) is 4. The van der Waals surface area contributed by atoms with Crippen LogP contribution < -0.4 is 0 Å². The average molecular weight is 405 g/mol. The van der Waals surface area contributed by atoms with Crippen molar-refractivity contribution in [2.24, 2.45) is 0 Å². The van der Waals surface area contributed by atoms with Crippen LogP contribution >= 0.6 is 0 Å². The van der Waals surface area contributed by atoms with E-state index < -0.39 is 0 Å². The Hall–Kier alpha value is -2.70. The van der Waals surface area contributed by atoms with Gasteiger partial charge in [0.05, 0.1) is 17.1 Å². The van der Waals surface area contributed by atoms with Gasteiger partial charge in [-0.1, -0.05) is 18.2 Å². The number of hydrogen-bond donors (Lipinski definition) is 0. The fourth-order valence-corrected chi connectivity index (χ4v) is 4.63. The predicted molar refractivity (Wildman–Crippen MR) is 117 cm³/mol. The molecule has 30 heavy (non-hydrogen) atoms. The van der Waals surface area contributed by atoms with Crippen molar-refractivity contribution in [3.8, 4) is 5.69 Å². The van der Waals surface area contributed by atoms with E-state index in [1.165, 1.54) is 6.42 Å². The summed E-state index contributed by atoms with van der Waals surface area (Å²) >= 11 is 0. The zero-order chi connectivity index (χ0) is 20.5. The fourth-order valence-electron chi connectivity index (χ4n) is 4.63. The summed E-state index contributed by atoms with van der Waals surface area (Å²) in [7, 11) is 0. The highest BCUT2D eigenvalue weighted by molar-refractivity contribution is 5.97. The maximum atomic E-state index is 13.1. The molecule has 6 nitrogen and oxygen atoms in total. The zero-order valence-electron chi connectivity index (χ0n) is 17.5. The van der Waals surface area contributed by atoms with Crippen LogP contribution in [-0.4, -0.2) is 70.7 Å². The van der Waals surface area contributed by atoms with E-state index in [1.807, 2.05) is 48.2 Å². The van der Waals surface area contributed by atoms with E-state index in [0.29, 0.717) is 11.7 Å². The molecule has 0 aliphatic carbocycles. The topological polar surface area (TPSA) is 50.6 Å². The standard InChI is InChI=1S/C24H28N4O2/c1-18-25-22-16-19(9-10-23(22)28(18)20-6-3-2-4-7-20)24(29)27-13-11-26(12-14-27)17-21-8-5-15-30-21/h2-4,6-7,9-10,16,21H,5,8,11-15,17H2,1H3. The summed E-state index contributed by atoms with van der Waals surface area (Å²) < 4.78 is 7.88. The third kappa shape index (κ3) is 3.73. The minimum absolute atomic E-state index is 0.0978. The summed E-state index contributed by atoms with van der Waals surface area (Å²) in [5, 5.41) is 0. The molecule has 3 heterocycles. The molecule has 0 bridgehead atoms. The van der Waals surface area contributed by atoms with Gasteiger partial charge in [-0.3, -0.25) is 14.3 Å². The molecule has 1 aromatic heterocycles. The Bertz CT molecular complexity index is 1030. The number of para-hydroxylation sites is 1. The van der Waals surface area contributed by atoms with E-state index in [1.54, 1.807) is 0 Å². The zero-order valence-corrected chi connectivity index (χ0v) is 17.5. The molecule has 0 radical (unpaired) electrons. The van der Waals surface area contributed by atoms with Crippen LogP contribution in [0.1, 0.15) is 29.0 Å². The lowest BCUT2D eigenvalue weighted by Crippen LogP contribution is -2.50. The third-order valence-corrected chi connectivity index (χ3v) is 6.23. The predicted octanol–water partition coefficient (Wildman–Crippen LogP) is 3.27. The van der Waals surface area contributed by atoms with Crippen molar-refractivity contribution < 1.29 is 9.53 Å². The van der Waals surface area contributed by atoms with Crippen LogP contribution in [0.5, 0.6) is 0 Å². The quantitative estimate of drug-likeness (QED) is 0.670. The highest BCUT2D eigenvalue weighted by Crippen LogP contribution is 2.23. The van der Waals surface area contributed by atoms with Crippen molar-refractivity contribution in [3.05, 3.63) is 59.9 Å². The SMILES string of the molecule is Cc1nc2cc(C(=O)N3CCN(CC4CCCO4)CC3)ccc2n1-c1ccccc1. The van der Waals surface area contributed by atoms with Crippen molar-refractivity contribution in [2.45, 2.75) is 25.9 Å². The number of carbonyl (C=O) groups is 1. The van der Waals surface area contributed by atoms with Gasteiger partial charge in [-0.2, -0.15) is 0 Å². The number of imidazole rings is 1. The van der Waals surface area contributed by atoms with Crippen LogP contribution in [0.2, 0.25) is 0 Å². The molecule has 6 heteroatoms. The number of fused-ring (bicyclic) bond motifs is 1. The Kier molecular flexibility index (Phi) is 5.27. The summed E-state index contributed by atoms with van der Waals surface area (Å²) in [4.78, 5) is 22.2. The molecule has 3 aromatic rings. The Morgan fingerprint density at radius 3 is 2.63 bits per heavy atom. The molecule has 2 saturated heterocycles. The van der Waals surface area contributed by atoms with E-state index in [-0.39, 0.29) is 5.91 Å². The normalized spacial score (nSPS) is 20.2. The highest BCUT2D eigenvalue weighted by Gasteiger charge is 2.25. The molecule has 0 saturated carbocycles. The van der Waals surface area contributed by atoms with Crippen LogP contribution in [0.3, 0.4) is 0 Å². The Labute approximate surface area is 177 Å². The number of rotatable bonds is 4. The third-order valence-electron chi connectivity index (χ3n) is 6.23. The van der Waals surface area contributed by atoms with E-state index in [4.69, 9.17) is 9.72 Å². The minimum Gasteiger partial charge on any atom is -0.377 e. The summed E-state index contributed by atoms with van der Waals surface area (Å²) in [6.45, 7) is 7.24. The maximum absolute atomic E-state index is 13.1. The molecule has 2 aromatic carbocycles. The van der Waals surface area contributed by atoms with Gasteiger partial charge in [0.25, 0.3) is 5.91 Å². The van der Waals surface area contributed by atoms with Crippen molar-refractivity contribution in [2.75, 3.05) is 39.3 Å². The number of hydrogen-bond acceptors (Lipinski definition) is 4. The van der Waals surface area contributed by atoms with Gasteiger partial charge in [-0.05, 0) is 50.1 Å². The lowest BCUT2D eigenvalue weighted by atomic mass is 10.1. The first-order chi connectivity index (χ1) is 14.7. The first kappa shape index (κ1) is 19.3. The van der Waals surface area contributed by atoms with Crippen LogP contribution in [0.25, 0.3) is 16.7 Å². The van der Waals surface area contributed by atoms with Gasteiger partial charge in [0.1, 0.15) is 5.82 Å². The molecule has 0 N–H and O–H groups in total. The Morgan fingerprint density at radius 2 is 1.90 bits per heavy atom. The van der Waals surface area contributed by atoms with Crippen LogP contribution in [-0.2, 0) is 4.74 Å². The maximum Gasteiger partial charge on any atom is 0.254 e. The number of carbonyl (C=O) groups excluding carboxylic acids is 1. The summed E-state index contributed by atoms with van der Waals surface area (Å²) in [6.07, 6.45) is 2.71. The average Bonchev–Trinajstić information content (AvgIpc) is 3.40. The molecule has 1 atom stereocenters. The molecule has 2 aliphatic heterocycles. The van der Waals surface area contributed by atoms with Gasteiger partial charge in [-0.25, -0.2) is 4.98 Å². The second-order valence-corrected chi connectivity index (χ2v) is 8.26. The molecular weight excluding hydrogens is 376 g/mol. The molecule has 156 valence electrons. The summed E-state index contributed by atoms with van der Waals surface area (Å²) in [5.41, 5.74) is 3.68. The molecule has 2 aliphatic rings. The first-order valence-corrected chi connectivity index (χ1v) is 10.9. The van der Waals surface area contributed by atoms with Crippen LogP contribution in [0.15, 0.2) is 48.5 Å². The lowest BCUT2D eigenvalue weighted by Gasteiger charge is -2.35. The van der Waals surface area contributed by atoms with Gasteiger partial charge in [0.2, 0.25) is 0 Å². The molecule has 2 fully saturated rings. The molecular formula is C24H28N4O2. The number of amides is 1. The summed E-state index contributed by atoms with van der Waals surface area (Å²) in [5.74, 6) is 1.02. The number of benzene rings is 2. The monoisotopic (exact) mass is 404 g/mol. The Balaban J connectivity index is 1.30. The van der Waals surface area contributed by atoms with Gasteiger partial charge in [-0.15, -0.1) is 0 Å². The van der Waals surface area contributed by atoms with Crippen LogP contribution in [0.4, 0.5) is 0 Å². The van der Waals surface area contributed by atoms with E-state index in [2.05, 4.69) is 21.6 Å². The van der Waals surface area contributed by atoms with Gasteiger partial charge in [0, 0.05) is 50.6 Å². The van der Waals surface area contributed by atoms with E-state index in [0.717, 1.165) is 68.3 Å². The van der Waals surface area contributed by atoms with Crippen molar-refractivity contribution in [1.82, 2.24) is 19.4 Å². The Morgan fingerprint density at radius 1 is 1.10 bits per heavy atom. The number of aromatic nitrogens is 2. The lowest BCUT2D eigenvalue weighted by molar-refractivity contribution is 0.0433. The highest BCUT2D eigenvalue weighted by atomic mass is 16.5. The second kappa shape index (κ2) is 8.20. The van der Waals surface area contributed by atoms with Crippen molar-refractivity contribution >= 4 is 16.9 Å². The first-order valence-electron chi connectivity index (χ1n) is 10.9. The van der Waals surface area contributed by atoms with Crippen molar-refractivity contribution in [1.29, 1.82) is 0 Å². The molecule has 1 amide bonds. The van der Waals surface area contributed by atoms with Crippen LogP contribution in [0, 0.1) is 6.92 Å². The largest absolute Gasteiger partial charge is 0.377 e. The minimum atomic E-state index is 0.0978. The number of aryl methyl sites for hydroxylation is 1. The smallest absolute Gasteiger partial charge is 0.254 e. The fraction of sp³-hybridized carbons (Fsp3) is 0.417. The van der Waals surface area contributed by atoms with Gasteiger partial charge in [0.15, 0.2) is 0 Å². The summed E-state index contributed by atoms with van der Waals surface area (Å²) in [6, 6.07) is 16.1. The van der Waals surface area contributed by atoms with Gasteiger partial charge < -0.3 is 9.64 Å². The van der Waals surface area contributed by atoms with E-state index >= 15 is 0 Å². The number of ether oxygens (including phenoxy) is 1. The molecule has 5 rings (SSSR count). The van der Waals surface area contributed by atoms with Gasteiger partial charge >= 0.3 is 0 Å². The molecule has 0 spiro atoms. The molecule has 1 unspecified atom stereocenters. The van der Waals surface area contributed by atoms with Crippen molar-refractivity contribution in [3.63, 3.8) is 0 Å². The number of piperazine rings is 1. The van der Waals surface area contributed by atoms with E-state index in [9.17, 15) is 4.79 Å². The second-order valence-electron chi connectivity index (χ2n) is 8.26.